The van der Waals surface area contributed by atoms with E-state index in [-0.39, 0.29) is 38.5 Å². The Kier molecular flexibility index (Phi) is 12.9. The second-order valence-corrected chi connectivity index (χ2v) is 7.87. The summed E-state index contributed by atoms with van der Waals surface area (Å²) in [7, 11) is 4.21. The Morgan fingerprint density at radius 2 is 1.56 bits per heavy atom. The molecule has 0 aromatic heterocycles. The molecule has 4 heteroatoms. The van der Waals surface area contributed by atoms with Crippen LogP contribution < -0.4 is 0 Å². The fourth-order valence-corrected chi connectivity index (χ4v) is 4.23. The molecule has 1 aromatic rings. The van der Waals surface area contributed by atoms with Gasteiger partial charge in [0.1, 0.15) is 0 Å². The third kappa shape index (κ3) is 8.44. The van der Waals surface area contributed by atoms with Gasteiger partial charge in [0.2, 0.25) is 0 Å². The minimum absolute atomic E-state index is 0. The molecule has 10 radical (unpaired) electrons. The minimum atomic E-state index is -0.0383. The quantitative estimate of drug-likeness (QED) is 0.439. The van der Waals surface area contributed by atoms with Crippen LogP contribution in [-0.2, 0) is 20.9 Å². The second-order valence-electron chi connectivity index (χ2n) is 6.19. The average molecular weight is 468 g/mol. The second kappa shape index (κ2) is 14.0. The molecule has 0 heterocycles. The normalized spacial score (nSPS) is 19.9. The molecule has 3 rings (SSSR count). The molecular formula is C23H27FeNOSe+2. The van der Waals surface area contributed by atoms with Crippen molar-refractivity contribution in [3.05, 3.63) is 111 Å². The van der Waals surface area contributed by atoms with Gasteiger partial charge in [-0.3, -0.25) is 0 Å². The molecule has 0 unspecified atom stereocenters. The van der Waals surface area contributed by atoms with Gasteiger partial charge in [-0.1, -0.05) is 0 Å². The molecule has 142 valence electrons. The average Bonchev–Trinajstić information content (AvgIpc) is 3.37. The number of hydrogen-bond acceptors (Lipinski definition) is 2. The molecule has 0 spiro atoms. The maximum atomic E-state index is 6.12. The molecule has 2 fully saturated rings. The van der Waals surface area contributed by atoms with Crippen LogP contribution in [0.4, 0.5) is 0 Å². The maximum absolute atomic E-state index is 6.12. The molecule has 0 N–H and O–H groups in total. The van der Waals surface area contributed by atoms with E-state index in [1.807, 2.05) is 56.4 Å². The standard InChI is InChI=1S/C18H22NOSe.C5H5.Fe/c1-5-17(15-10-7-6-8-11-15)20-21-18-13-9-12-16(18)14(2)19(3)4;1-2-4-5-3-1;/h5-14,17H,1H2,2-4H3;1-5H;/q;;+2/t14-,17-;;/m1../s1. The van der Waals surface area contributed by atoms with Crippen LogP contribution in [0, 0.1) is 62.1 Å². The van der Waals surface area contributed by atoms with E-state index in [1.54, 1.807) is 0 Å². The number of rotatable bonds is 7. The summed E-state index contributed by atoms with van der Waals surface area (Å²) < 4.78 is 6.12. The summed E-state index contributed by atoms with van der Waals surface area (Å²) in [5.41, 5.74) is 1.16. The van der Waals surface area contributed by atoms with Gasteiger partial charge in [-0.2, -0.15) is 0 Å². The van der Waals surface area contributed by atoms with Gasteiger partial charge >= 0.3 is 153 Å². The van der Waals surface area contributed by atoms with Crippen molar-refractivity contribution < 1.29 is 20.9 Å². The molecule has 1 aromatic carbocycles. The first-order valence-electron chi connectivity index (χ1n) is 8.73. The summed E-state index contributed by atoms with van der Waals surface area (Å²) in [6.07, 6.45) is 18.3. The zero-order valence-corrected chi connectivity index (χ0v) is 18.9. The zero-order valence-electron chi connectivity index (χ0n) is 16.1. The largest absolute Gasteiger partial charge is 2.00 e. The van der Waals surface area contributed by atoms with E-state index in [0.29, 0.717) is 6.04 Å². The van der Waals surface area contributed by atoms with Crippen LogP contribution in [0.5, 0.6) is 0 Å². The van der Waals surface area contributed by atoms with Crippen molar-refractivity contribution in [3.8, 4) is 0 Å². The van der Waals surface area contributed by atoms with E-state index >= 15 is 0 Å². The van der Waals surface area contributed by atoms with Gasteiger partial charge in [-0.15, -0.1) is 0 Å². The summed E-state index contributed by atoms with van der Waals surface area (Å²) in [5, 5.41) is 0. The van der Waals surface area contributed by atoms with Crippen LogP contribution in [0.25, 0.3) is 0 Å². The fourth-order valence-electron chi connectivity index (χ4n) is 2.41. The number of hydrogen-bond donors (Lipinski definition) is 0. The third-order valence-corrected chi connectivity index (χ3v) is 5.97. The summed E-state index contributed by atoms with van der Waals surface area (Å²) in [6, 6.07) is 10.6. The topological polar surface area (TPSA) is 12.5 Å². The van der Waals surface area contributed by atoms with E-state index in [4.69, 9.17) is 3.82 Å². The third-order valence-electron chi connectivity index (χ3n) is 4.17. The monoisotopic (exact) mass is 469 g/mol. The fraction of sp³-hybridized carbons (Fsp3) is 0.217. The first-order chi connectivity index (χ1) is 12.6. The van der Waals surface area contributed by atoms with Crippen LogP contribution in [0.2, 0.25) is 0 Å². The Morgan fingerprint density at radius 3 is 2.07 bits per heavy atom. The Balaban J connectivity index is 0.000000526. The number of nitrogens with zero attached hydrogens (tertiary/aromatic N) is 1. The van der Waals surface area contributed by atoms with Gasteiger partial charge in [0.25, 0.3) is 0 Å². The smallest absolute Gasteiger partial charge is 0.0312 e. The molecule has 2 aliphatic carbocycles. The number of benzene rings is 1. The van der Waals surface area contributed by atoms with Crippen LogP contribution in [0.15, 0.2) is 43.0 Å². The van der Waals surface area contributed by atoms with E-state index in [9.17, 15) is 0 Å². The Labute approximate surface area is 184 Å². The summed E-state index contributed by atoms with van der Waals surface area (Å²) in [5.74, 6) is 1.36. The van der Waals surface area contributed by atoms with Gasteiger partial charge in [0.05, 0.1) is 0 Å². The molecule has 0 saturated heterocycles. The molecule has 0 amide bonds. The van der Waals surface area contributed by atoms with Gasteiger partial charge in [-0.05, 0) is 32.1 Å². The van der Waals surface area contributed by atoms with Crippen molar-refractivity contribution in [2.75, 3.05) is 14.1 Å². The van der Waals surface area contributed by atoms with E-state index in [2.05, 4.69) is 63.9 Å². The first-order valence-corrected chi connectivity index (χ1v) is 10.3. The molecule has 2 aliphatic rings. The van der Waals surface area contributed by atoms with E-state index < -0.39 is 0 Å². The van der Waals surface area contributed by atoms with Crippen LogP contribution in [0.3, 0.4) is 0 Å². The Morgan fingerprint density at radius 1 is 0.963 bits per heavy atom. The Hall–Kier alpha value is -0.0810. The van der Waals surface area contributed by atoms with Gasteiger partial charge in [0.15, 0.2) is 0 Å². The summed E-state index contributed by atoms with van der Waals surface area (Å²) in [4.78, 5) is 3.53. The van der Waals surface area contributed by atoms with Crippen LogP contribution in [0.1, 0.15) is 18.6 Å². The summed E-state index contributed by atoms with van der Waals surface area (Å²) in [6.45, 7) is 6.12. The van der Waals surface area contributed by atoms with Crippen molar-refractivity contribution in [3.63, 3.8) is 0 Å². The van der Waals surface area contributed by atoms with Gasteiger partial charge in [0, 0.05) is 0 Å². The zero-order chi connectivity index (χ0) is 18.8. The molecular weight excluding hydrogens is 441 g/mol. The first kappa shape index (κ1) is 25.0. The van der Waals surface area contributed by atoms with Crippen LogP contribution >= 0.6 is 0 Å². The van der Waals surface area contributed by atoms with Crippen molar-refractivity contribution >= 4 is 15.3 Å². The summed E-state index contributed by atoms with van der Waals surface area (Å²) >= 11 is -0.0161. The van der Waals surface area contributed by atoms with Crippen molar-refractivity contribution in [1.82, 2.24) is 4.90 Å². The molecule has 27 heavy (non-hydrogen) atoms. The van der Waals surface area contributed by atoms with Gasteiger partial charge in [-0.25, -0.2) is 0 Å². The van der Waals surface area contributed by atoms with Crippen molar-refractivity contribution in [2.45, 2.75) is 19.1 Å². The predicted octanol–water partition coefficient (Wildman–Crippen LogP) is 4.25. The van der Waals surface area contributed by atoms with Crippen molar-refractivity contribution in [1.29, 1.82) is 0 Å². The molecule has 2 atom stereocenters. The SMILES string of the molecule is C=C[C@@H](O[Se][C]1[CH][CH][CH][C]1[C@@H](C)N(C)C)c1ccccc1.[CH]1[CH][CH][CH][CH]1.[Fe+2]. The molecule has 0 bridgehead atoms. The predicted molar refractivity (Wildman–Crippen MR) is 110 cm³/mol. The molecule has 0 aliphatic heterocycles. The van der Waals surface area contributed by atoms with Crippen LogP contribution in [-0.4, -0.2) is 40.3 Å². The van der Waals surface area contributed by atoms with Gasteiger partial charge < -0.3 is 0 Å². The van der Waals surface area contributed by atoms with Crippen molar-refractivity contribution in [2.24, 2.45) is 0 Å². The minimum Gasteiger partial charge on any atom is -0.0312 e. The maximum Gasteiger partial charge on any atom is 2.00 e. The molecule has 2 saturated carbocycles. The Bertz CT molecular complexity index is 499. The van der Waals surface area contributed by atoms with E-state index in [1.165, 1.54) is 10.7 Å². The van der Waals surface area contributed by atoms with E-state index in [0.717, 1.165) is 5.56 Å². The molecule has 2 nitrogen and oxygen atoms in total.